The first-order valence-corrected chi connectivity index (χ1v) is 10.3. The minimum atomic E-state index is -0.224. The maximum absolute atomic E-state index is 12.7. The van der Waals surface area contributed by atoms with Crippen LogP contribution in [0, 0.1) is 5.41 Å². The highest BCUT2D eigenvalue weighted by atomic mass is 16.1. The van der Waals surface area contributed by atoms with E-state index in [9.17, 15) is 4.79 Å². The lowest BCUT2D eigenvalue weighted by atomic mass is 10.0. The van der Waals surface area contributed by atoms with Crippen LogP contribution in [-0.2, 0) is 6.42 Å². The maximum atomic E-state index is 12.7. The van der Waals surface area contributed by atoms with Crippen LogP contribution in [0.5, 0.6) is 0 Å². The minimum Gasteiger partial charge on any atom is -0.397 e. The van der Waals surface area contributed by atoms with Crippen molar-refractivity contribution in [1.82, 2.24) is 9.88 Å². The Balaban J connectivity index is 1.67. The van der Waals surface area contributed by atoms with Crippen LogP contribution in [0.3, 0.4) is 0 Å². The molecule has 0 aliphatic rings. The van der Waals surface area contributed by atoms with Gasteiger partial charge >= 0.3 is 0 Å². The molecule has 6 heteroatoms. The van der Waals surface area contributed by atoms with Gasteiger partial charge in [-0.05, 0) is 62.5 Å². The molecule has 0 aliphatic heterocycles. The van der Waals surface area contributed by atoms with Gasteiger partial charge in [0.25, 0.3) is 5.91 Å². The van der Waals surface area contributed by atoms with E-state index in [1.54, 1.807) is 30.6 Å². The lowest BCUT2D eigenvalue weighted by Gasteiger charge is -2.19. The maximum Gasteiger partial charge on any atom is 0.255 e. The molecule has 6 nitrogen and oxygen atoms in total. The van der Waals surface area contributed by atoms with Crippen molar-refractivity contribution < 1.29 is 4.79 Å². The first-order chi connectivity index (χ1) is 14.8. The van der Waals surface area contributed by atoms with E-state index in [-0.39, 0.29) is 5.91 Å². The summed E-state index contributed by atoms with van der Waals surface area (Å²) in [6, 6.07) is 17.1. The van der Waals surface area contributed by atoms with Crippen molar-refractivity contribution in [2.24, 2.45) is 0 Å². The number of pyridine rings is 1. The Morgan fingerprint density at radius 1 is 1.13 bits per heavy atom. The van der Waals surface area contributed by atoms with Gasteiger partial charge in [0.15, 0.2) is 0 Å². The number of nitrogens with two attached hydrogens (primary N) is 1. The summed E-state index contributed by atoms with van der Waals surface area (Å²) in [6.07, 6.45) is 4.80. The Morgan fingerprint density at radius 2 is 1.87 bits per heavy atom. The number of nitrogens with one attached hydrogen (secondary N) is 2. The summed E-state index contributed by atoms with van der Waals surface area (Å²) in [7, 11) is 4.04. The van der Waals surface area contributed by atoms with Gasteiger partial charge in [0.05, 0.1) is 11.4 Å². The van der Waals surface area contributed by atoms with E-state index in [2.05, 4.69) is 22.1 Å². The zero-order valence-electron chi connectivity index (χ0n) is 18.2. The molecule has 0 fully saturated rings. The molecule has 0 saturated heterocycles. The normalized spacial score (nSPS) is 11.9. The number of hydrogen-bond acceptors (Lipinski definition) is 5. The van der Waals surface area contributed by atoms with Crippen molar-refractivity contribution in [2.45, 2.75) is 25.8 Å². The van der Waals surface area contributed by atoms with E-state index in [0.717, 1.165) is 23.1 Å². The van der Waals surface area contributed by atoms with Crippen molar-refractivity contribution in [3.05, 3.63) is 78.1 Å². The predicted octanol–water partition coefficient (Wildman–Crippen LogP) is 4.49. The molecule has 160 valence electrons. The lowest BCUT2D eigenvalue weighted by Crippen LogP contribution is -2.27. The summed E-state index contributed by atoms with van der Waals surface area (Å²) in [6.45, 7) is 2.11. The molecule has 2 aromatic carbocycles. The fraction of sp³-hybridized carbons (Fsp3) is 0.240. The fourth-order valence-corrected chi connectivity index (χ4v) is 3.20. The Labute approximate surface area is 183 Å². The van der Waals surface area contributed by atoms with E-state index in [1.165, 1.54) is 0 Å². The summed E-state index contributed by atoms with van der Waals surface area (Å²) in [5, 5.41) is 11.1. The Kier molecular flexibility index (Phi) is 7.15. The standard InChI is InChI=1S/C25H29N5O/c1-17(30(2)3)13-22(26)14-18-6-8-19(9-7-18)25(31)29-24-15-20(10-11-23(24)27)21-5-4-12-28-16-21/h4-12,15-17,26H,13-14,27H2,1-3H3,(H,29,31)/t17-/m1/s1. The van der Waals surface area contributed by atoms with E-state index < -0.39 is 0 Å². The van der Waals surface area contributed by atoms with E-state index in [0.29, 0.717) is 35.1 Å². The SMILES string of the molecule is C[C@H](CC(=N)Cc1ccc(C(=O)Nc2cc(-c3cccnc3)ccc2N)cc1)N(C)C. The molecule has 1 amide bonds. The third-order valence-electron chi connectivity index (χ3n) is 5.35. The second-order valence-corrected chi connectivity index (χ2v) is 7.99. The molecular formula is C25H29N5O. The highest BCUT2D eigenvalue weighted by molar-refractivity contribution is 6.06. The van der Waals surface area contributed by atoms with Crippen LogP contribution in [0.2, 0.25) is 0 Å². The molecule has 31 heavy (non-hydrogen) atoms. The number of carbonyl (C=O) groups is 1. The van der Waals surface area contributed by atoms with Crippen molar-refractivity contribution in [3.63, 3.8) is 0 Å². The molecule has 0 aliphatic carbocycles. The number of rotatable bonds is 8. The van der Waals surface area contributed by atoms with Crippen LogP contribution in [0.4, 0.5) is 11.4 Å². The molecule has 1 heterocycles. The number of nitrogens with zero attached hydrogens (tertiary/aromatic N) is 2. The zero-order chi connectivity index (χ0) is 22.4. The van der Waals surface area contributed by atoms with E-state index >= 15 is 0 Å². The monoisotopic (exact) mass is 415 g/mol. The van der Waals surface area contributed by atoms with Gasteiger partial charge in [-0.1, -0.05) is 24.3 Å². The van der Waals surface area contributed by atoms with Crippen LogP contribution in [0.15, 0.2) is 67.0 Å². The van der Waals surface area contributed by atoms with E-state index in [4.69, 9.17) is 11.1 Å². The highest BCUT2D eigenvalue weighted by Gasteiger charge is 2.12. The first-order valence-electron chi connectivity index (χ1n) is 10.3. The van der Waals surface area contributed by atoms with Crippen LogP contribution in [0.25, 0.3) is 11.1 Å². The average Bonchev–Trinajstić information content (AvgIpc) is 2.76. The number of benzene rings is 2. The Hall–Kier alpha value is -3.51. The van der Waals surface area contributed by atoms with Gasteiger partial charge in [-0.2, -0.15) is 0 Å². The minimum absolute atomic E-state index is 0.224. The number of amides is 1. The topological polar surface area (TPSA) is 95.1 Å². The molecule has 0 unspecified atom stereocenters. The van der Waals surface area contributed by atoms with Gasteiger partial charge in [-0.3, -0.25) is 9.78 Å². The summed E-state index contributed by atoms with van der Waals surface area (Å²) in [5.74, 6) is -0.224. The molecule has 4 N–H and O–H groups in total. The lowest BCUT2D eigenvalue weighted by molar-refractivity contribution is 0.102. The van der Waals surface area contributed by atoms with Crippen molar-refractivity contribution in [3.8, 4) is 11.1 Å². The smallest absolute Gasteiger partial charge is 0.255 e. The van der Waals surface area contributed by atoms with Crippen molar-refractivity contribution >= 4 is 23.0 Å². The molecule has 3 rings (SSSR count). The molecular weight excluding hydrogens is 386 g/mol. The molecule has 1 atom stereocenters. The van der Waals surface area contributed by atoms with E-state index in [1.807, 2.05) is 50.5 Å². The highest BCUT2D eigenvalue weighted by Crippen LogP contribution is 2.27. The molecule has 0 saturated carbocycles. The van der Waals surface area contributed by atoms with Crippen molar-refractivity contribution in [2.75, 3.05) is 25.1 Å². The zero-order valence-corrected chi connectivity index (χ0v) is 18.2. The summed E-state index contributed by atoms with van der Waals surface area (Å²) in [5.41, 5.74) is 11.3. The first kappa shape index (κ1) is 22.2. The Bertz CT molecular complexity index is 1050. The number of aromatic nitrogens is 1. The predicted molar refractivity (Wildman–Crippen MR) is 128 cm³/mol. The number of anilines is 2. The quantitative estimate of drug-likeness (QED) is 0.373. The van der Waals surface area contributed by atoms with Crippen LogP contribution < -0.4 is 11.1 Å². The molecule has 0 radical (unpaired) electrons. The van der Waals surface area contributed by atoms with Gasteiger partial charge in [0.1, 0.15) is 0 Å². The average molecular weight is 416 g/mol. The van der Waals surface area contributed by atoms with Gasteiger partial charge in [-0.15, -0.1) is 0 Å². The van der Waals surface area contributed by atoms with Crippen LogP contribution in [0.1, 0.15) is 29.3 Å². The largest absolute Gasteiger partial charge is 0.397 e. The number of nitrogen functional groups attached to an aromatic ring is 1. The third kappa shape index (κ3) is 5.99. The Morgan fingerprint density at radius 3 is 2.52 bits per heavy atom. The van der Waals surface area contributed by atoms with Crippen LogP contribution >= 0.6 is 0 Å². The van der Waals surface area contributed by atoms with Crippen molar-refractivity contribution in [1.29, 1.82) is 5.41 Å². The molecule has 3 aromatic rings. The second kappa shape index (κ2) is 10.00. The molecule has 0 bridgehead atoms. The third-order valence-corrected chi connectivity index (χ3v) is 5.35. The van der Waals surface area contributed by atoms with Gasteiger partial charge < -0.3 is 21.4 Å². The summed E-state index contributed by atoms with van der Waals surface area (Å²) in [4.78, 5) is 19.0. The summed E-state index contributed by atoms with van der Waals surface area (Å²) >= 11 is 0. The molecule has 1 aromatic heterocycles. The number of hydrogen-bond donors (Lipinski definition) is 3. The van der Waals surface area contributed by atoms with Gasteiger partial charge in [-0.25, -0.2) is 0 Å². The van der Waals surface area contributed by atoms with Gasteiger partial charge in [0.2, 0.25) is 0 Å². The van der Waals surface area contributed by atoms with Gasteiger partial charge in [0, 0.05) is 48.1 Å². The second-order valence-electron chi connectivity index (χ2n) is 7.99. The summed E-state index contributed by atoms with van der Waals surface area (Å²) < 4.78 is 0. The van der Waals surface area contributed by atoms with Crippen LogP contribution in [-0.4, -0.2) is 41.6 Å². The fourth-order valence-electron chi connectivity index (χ4n) is 3.20. The molecule has 0 spiro atoms. The number of carbonyl (C=O) groups excluding carboxylic acids is 1.